The first-order chi connectivity index (χ1) is 10.4. The summed E-state index contributed by atoms with van der Waals surface area (Å²) in [6.07, 6.45) is -0.647. The first-order valence-electron chi connectivity index (χ1n) is 7.32. The molecule has 1 aliphatic rings. The van der Waals surface area contributed by atoms with Crippen LogP contribution >= 0.6 is 0 Å². The van der Waals surface area contributed by atoms with Crippen LogP contribution in [-0.4, -0.2) is 73.8 Å². The quantitative estimate of drug-likeness (QED) is 0.842. The minimum Gasteiger partial charge on any atom is -0.390 e. The van der Waals surface area contributed by atoms with Gasteiger partial charge in [-0.25, -0.2) is 8.42 Å². The standard InChI is InChI=1S/C15H22N2O4S/c1-13(18)17-8-7-16(11-14(19)12-17)9-10-22(20,21)15-5-3-2-4-6-15/h2-6,14,19H,7-12H2,1H3/t14-/m0/s1. The summed E-state index contributed by atoms with van der Waals surface area (Å²) < 4.78 is 24.5. The number of carbonyl (C=O) groups excluding carboxylic acids is 1. The molecule has 1 atom stereocenters. The van der Waals surface area contributed by atoms with Gasteiger partial charge in [-0.15, -0.1) is 0 Å². The van der Waals surface area contributed by atoms with Crippen LogP contribution in [0.15, 0.2) is 35.2 Å². The summed E-state index contributed by atoms with van der Waals surface area (Å²) in [7, 11) is -3.32. The van der Waals surface area contributed by atoms with Gasteiger partial charge in [0.1, 0.15) is 0 Å². The third-order valence-electron chi connectivity index (χ3n) is 3.81. The van der Waals surface area contributed by atoms with Crippen molar-refractivity contribution in [1.82, 2.24) is 9.80 Å². The van der Waals surface area contributed by atoms with Gasteiger partial charge >= 0.3 is 0 Å². The van der Waals surface area contributed by atoms with Crippen molar-refractivity contribution in [3.63, 3.8) is 0 Å². The molecule has 22 heavy (non-hydrogen) atoms. The highest BCUT2D eigenvalue weighted by molar-refractivity contribution is 7.91. The second-order valence-electron chi connectivity index (χ2n) is 5.55. The van der Waals surface area contributed by atoms with Crippen LogP contribution in [0, 0.1) is 0 Å². The molecule has 6 nitrogen and oxygen atoms in total. The molecule has 1 aromatic carbocycles. The van der Waals surface area contributed by atoms with Crippen molar-refractivity contribution in [2.75, 3.05) is 38.5 Å². The van der Waals surface area contributed by atoms with Gasteiger partial charge in [0.05, 0.1) is 16.8 Å². The van der Waals surface area contributed by atoms with Crippen LogP contribution in [-0.2, 0) is 14.6 Å². The van der Waals surface area contributed by atoms with Gasteiger partial charge in [-0.05, 0) is 12.1 Å². The highest BCUT2D eigenvalue weighted by atomic mass is 32.2. The fourth-order valence-electron chi connectivity index (χ4n) is 2.54. The number of hydrogen-bond donors (Lipinski definition) is 1. The van der Waals surface area contributed by atoms with Gasteiger partial charge < -0.3 is 10.0 Å². The van der Waals surface area contributed by atoms with E-state index in [9.17, 15) is 18.3 Å². The molecule has 0 bridgehead atoms. The molecule has 0 radical (unpaired) electrons. The summed E-state index contributed by atoms with van der Waals surface area (Å²) >= 11 is 0. The number of rotatable bonds is 4. The fraction of sp³-hybridized carbons (Fsp3) is 0.533. The normalized spacial score (nSPS) is 20.6. The van der Waals surface area contributed by atoms with E-state index in [-0.39, 0.29) is 11.7 Å². The number of nitrogens with zero attached hydrogens (tertiary/aromatic N) is 2. The van der Waals surface area contributed by atoms with Crippen molar-refractivity contribution in [3.05, 3.63) is 30.3 Å². The van der Waals surface area contributed by atoms with Crippen LogP contribution in [0.2, 0.25) is 0 Å². The van der Waals surface area contributed by atoms with Crippen LogP contribution in [0.1, 0.15) is 6.92 Å². The molecule has 1 aliphatic heterocycles. The van der Waals surface area contributed by atoms with E-state index >= 15 is 0 Å². The number of β-amino-alcohol motifs (C(OH)–C–C–N with tert-alkyl or cyclic N) is 1. The Bertz CT molecular complexity index is 603. The number of sulfone groups is 1. The van der Waals surface area contributed by atoms with E-state index in [1.807, 2.05) is 4.90 Å². The number of hydrogen-bond acceptors (Lipinski definition) is 5. The number of amides is 1. The maximum absolute atomic E-state index is 12.3. The Labute approximate surface area is 131 Å². The molecule has 0 unspecified atom stereocenters. The number of carbonyl (C=O) groups is 1. The van der Waals surface area contributed by atoms with Gasteiger partial charge in [0.25, 0.3) is 0 Å². The van der Waals surface area contributed by atoms with Gasteiger partial charge in [0.2, 0.25) is 5.91 Å². The average Bonchev–Trinajstić information content (AvgIpc) is 2.68. The van der Waals surface area contributed by atoms with E-state index in [0.717, 1.165) is 0 Å². The molecular formula is C15H22N2O4S. The fourth-order valence-corrected chi connectivity index (χ4v) is 3.85. The lowest BCUT2D eigenvalue weighted by molar-refractivity contribution is -0.129. The summed E-state index contributed by atoms with van der Waals surface area (Å²) in [6, 6.07) is 8.36. The van der Waals surface area contributed by atoms with E-state index in [1.54, 1.807) is 35.2 Å². The smallest absolute Gasteiger partial charge is 0.219 e. The van der Waals surface area contributed by atoms with Crippen LogP contribution in [0.25, 0.3) is 0 Å². The third-order valence-corrected chi connectivity index (χ3v) is 5.52. The largest absolute Gasteiger partial charge is 0.390 e. The minimum atomic E-state index is -3.32. The summed E-state index contributed by atoms with van der Waals surface area (Å²) in [4.78, 5) is 15.2. The van der Waals surface area contributed by atoms with E-state index in [1.165, 1.54) is 6.92 Å². The molecule has 0 saturated carbocycles. The zero-order valence-electron chi connectivity index (χ0n) is 12.7. The van der Waals surface area contributed by atoms with Crippen molar-refractivity contribution >= 4 is 15.7 Å². The Morgan fingerprint density at radius 1 is 1.23 bits per heavy atom. The predicted octanol–water partition coefficient (Wildman–Crippen LogP) is -0.0147. The Morgan fingerprint density at radius 2 is 1.91 bits per heavy atom. The highest BCUT2D eigenvalue weighted by Crippen LogP contribution is 2.11. The lowest BCUT2D eigenvalue weighted by Gasteiger charge is -2.20. The molecule has 2 rings (SSSR count). The topological polar surface area (TPSA) is 77.9 Å². The van der Waals surface area contributed by atoms with Crippen LogP contribution in [0.4, 0.5) is 0 Å². The molecule has 1 fully saturated rings. The molecule has 1 aromatic rings. The summed E-state index contributed by atoms with van der Waals surface area (Å²) in [5, 5.41) is 9.94. The number of benzene rings is 1. The monoisotopic (exact) mass is 326 g/mol. The van der Waals surface area contributed by atoms with Crippen LogP contribution < -0.4 is 0 Å². The predicted molar refractivity (Wildman–Crippen MR) is 83.2 cm³/mol. The van der Waals surface area contributed by atoms with Gasteiger partial charge in [0.15, 0.2) is 9.84 Å². The van der Waals surface area contributed by atoms with Crippen molar-refractivity contribution in [3.8, 4) is 0 Å². The summed E-state index contributed by atoms with van der Waals surface area (Å²) in [5.41, 5.74) is 0. The highest BCUT2D eigenvalue weighted by Gasteiger charge is 2.24. The van der Waals surface area contributed by atoms with Crippen molar-refractivity contribution < 1.29 is 18.3 Å². The maximum atomic E-state index is 12.3. The molecule has 0 spiro atoms. The lowest BCUT2D eigenvalue weighted by Crippen LogP contribution is -2.36. The Balaban J connectivity index is 1.95. The molecule has 0 aliphatic carbocycles. The van der Waals surface area contributed by atoms with E-state index < -0.39 is 15.9 Å². The van der Waals surface area contributed by atoms with E-state index in [0.29, 0.717) is 37.6 Å². The maximum Gasteiger partial charge on any atom is 0.219 e. The molecule has 7 heteroatoms. The molecule has 1 saturated heterocycles. The molecule has 1 amide bonds. The zero-order valence-corrected chi connectivity index (χ0v) is 13.5. The van der Waals surface area contributed by atoms with Crippen molar-refractivity contribution in [2.45, 2.75) is 17.9 Å². The van der Waals surface area contributed by atoms with E-state index in [2.05, 4.69) is 0 Å². The molecule has 1 N–H and O–H groups in total. The minimum absolute atomic E-state index is 0.00377. The number of aliphatic hydroxyl groups excluding tert-OH is 1. The number of aliphatic hydroxyl groups is 1. The van der Waals surface area contributed by atoms with Crippen LogP contribution in [0.5, 0.6) is 0 Å². The molecule has 122 valence electrons. The molecule has 0 aromatic heterocycles. The lowest BCUT2D eigenvalue weighted by atomic mass is 10.3. The Kier molecular flexibility index (Phi) is 5.55. The van der Waals surface area contributed by atoms with Crippen molar-refractivity contribution in [1.29, 1.82) is 0 Å². The summed E-state index contributed by atoms with van der Waals surface area (Å²) in [6.45, 7) is 3.59. The average molecular weight is 326 g/mol. The first-order valence-corrected chi connectivity index (χ1v) is 8.97. The van der Waals surface area contributed by atoms with Gasteiger partial charge in [0, 0.05) is 39.6 Å². The molecular weight excluding hydrogens is 304 g/mol. The molecule has 1 heterocycles. The second kappa shape index (κ2) is 7.21. The van der Waals surface area contributed by atoms with Gasteiger partial charge in [-0.3, -0.25) is 9.69 Å². The Hall–Kier alpha value is -1.44. The van der Waals surface area contributed by atoms with Gasteiger partial charge in [-0.1, -0.05) is 18.2 Å². The summed E-state index contributed by atoms with van der Waals surface area (Å²) in [5.74, 6) is -0.0677. The zero-order chi connectivity index (χ0) is 16.2. The van der Waals surface area contributed by atoms with Gasteiger partial charge in [-0.2, -0.15) is 0 Å². The van der Waals surface area contributed by atoms with Crippen molar-refractivity contribution in [2.24, 2.45) is 0 Å². The Morgan fingerprint density at radius 3 is 2.55 bits per heavy atom. The van der Waals surface area contributed by atoms with E-state index in [4.69, 9.17) is 0 Å². The first kappa shape index (κ1) is 16.9. The third kappa shape index (κ3) is 4.53. The van der Waals surface area contributed by atoms with Crippen LogP contribution in [0.3, 0.4) is 0 Å². The second-order valence-corrected chi connectivity index (χ2v) is 7.66. The SMILES string of the molecule is CC(=O)N1CCN(CCS(=O)(=O)c2ccccc2)C[C@H](O)C1.